The maximum absolute atomic E-state index is 13.9. The van der Waals surface area contributed by atoms with Crippen LogP contribution >= 0.6 is 0 Å². The van der Waals surface area contributed by atoms with Gasteiger partial charge in [0.2, 0.25) is 11.8 Å². The zero-order valence-corrected chi connectivity index (χ0v) is 18.7. The number of nitrogens with zero attached hydrogens (tertiary/aromatic N) is 1. The average Bonchev–Trinajstić information content (AvgIpc) is 2.79. The first kappa shape index (κ1) is 24.9. The van der Waals surface area contributed by atoms with Gasteiger partial charge in [0.05, 0.1) is 17.1 Å². The SMILES string of the molecule is Cc1nc2cc(COC(=O)Nc3cc(OC(F)(F)F)ccc3F)ccc2cc1C1CCC(=O)NC1=O. The van der Waals surface area contributed by atoms with Crippen LogP contribution in [0.1, 0.15) is 35.6 Å². The fourth-order valence-electron chi connectivity index (χ4n) is 3.85. The second-order valence-electron chi connectivity index (χ2n) is 8.08. The van der Waals surface area contributed by atoms with Gasteiger partial charge in [0.15, 0.2) is 0 Å². The smallest absolute Gasteiger partial charge is 0.444 e. The zero-order chi connectivity index (χ0) is 26.0. The molecule has 0 radical (unpaired) electrons. The van der Waals surface area contributed by atoms with Crippen molar-refractivity contribution in [3.05, 3.63) is 65.1 Å². The van der Waals surface area contributed by atoms with Crippen LogP contribution in [0.4, 0.5) is 28.0 Å². The molecule has 2 heterocycles. The Morgan fingerprint density at radius 2 is 1.94 bits per heavy atom. The molecule has 0 spiro atoms. The summed E-state index contributed by atoms with van der Waals surface area (Å²) in [4.78, 5) is 40.3. The molecule has 1 aliphatic rings. The summed E-state index contributed by atoms with van der Waals surface area (Å²) in [7, 11) is 0. The first-order valence-corrected chi connectivity index (χ1v) is 10.7. The number of amides is 3. The maximum Gasteiger partial charge on any atom is 0.573 e. The molecule has 0 aliphatic carbocycles. The van der Waals surface area contributed by atoms with Crippen molar-refractivity contribution in [2.24, 2.45) is 0 Å². The van der Waals surface area contributed by atoms with Crippen molar-refractivity contribution >= 4 is 34.5 Å². The highest BCUT2D eigenvalue weighted by molar-refractivity contribution is 6.01. The van der Waals surface area contributed by atoms with Gasteiger partial charge in [-0.1, -0.05) is 12.1 Å². The summed E-state index contributed by atoms with van der Waals surface area (Å²) in [5.74, 6) is -2.82. The molecule has 3 amide bonds. The highest BCUT2D eigenvalue weighted by Crippen LogP contribution is 2.30. The number of fused-ring (bicyclic) bond motifs is 1. The minimum Gasteiger partial charge on any atom is -0.444 e. The number of carbonyl (C=O) groups is 3. The molecule has 4 rings (SSSR count). The lowest BCUT2D eigenvalue weighted by atomic mass is 9.89. The standard InChI is InChI=1S/C24H19F4N3O5/c1-12-17(16-5-7-21(32)31-22(16)33)9-14-3-2-13(8-19(14)29-12)11-35-23(34)30-20-10-15(4-6-18(20)25)36-24(26,27)28/h2-4,6,8-10,16H,5,7,11H2,1H3,(H,30,34)(H,31,32,33). The molecule has 8 nitrogen and oxygen atoms in total. The molecule has 0 bridgehead atoms. The molecular formula is C24H19F4N3O5. The second-order valence-corrected chi connectivity index (χ2v) is 8.08. The van der Waals surface area contributed by atoms with Crippen LogP contribution in [-0.4, -0.2) is 29.3 Å². The highest BCUT2D eigenvalue weighted by Gasteiger charge is 2.31. The lowest BCUT2D eigenvalue weighted by Gasteiger charge is -2.22. The summed E-state index contributed by atoms with van der Waals surface area (Å²) in [5, 5.41) is 5.11. The lowest BCUT2D eigenvalue weighted by molar-refractivity contribution is -0.274. The van der Waals surface area contributed by atoms with E-state index in [1.54, 1.807) is 25.1 Å². The number of aryl methyl sites for hydroxylation is 1. The van der Waals surface area contributed by atoms with E-state index >= 15 is 0 Å². The molecule has 188 valence electrons. The average molecular weight is 505 g/mol. The van der Waals surface area contributed by atoms with Gasteiger partial charge in [-0.05, 0) is 48.7 Å². The second kappa shape index (κ2) is 9.80. The van der Waals surface area contributed by atoms with E-state index in [2.05, 4.69) is 15.0 Å². The number of rotatable bonds is 5. The molecule has 0 saturated carbocycles. The maximum atomic E-state index is 13.9. The summed E-state index contributed by atoms with van der Waals surface area (Å²) < 4.78 is 59.8. The number of benzene rings is 2. The molecule has 36 heavy (non-hydrogen) atoms. The normalized spacial score (nSPS) is 16.0. The Hall–Kier alpha value is -4.22. The third-order valence-electron chi connectivity index (χ3n) is 5.50. The van der Waals surface area contributed by atoms with Gasteiger partial charge in [0, 0.05) is 23.6 Å². The zero-order valence-electron chi connectivity index (χ0n) is 18.7. The van der Waals surface area contributed by atoms with Gasteiger partial charge in [-0.25, -0.2) is 9.18 Å². The van der Waals surface area contributed by atoms with Gasteiger partial charge in [-0.2, -0.15) is 0 Å². The summed E-state index contributed by atoms with van der Waals surface area (Å²) in [6, 6.07) is 9.07. The van der Waals surface area contributed by atoms with Gasteiger partial charge < -0.3 is 9.47 Å². The number of alkyl halides is 3. The van der Waals surface area contributed by atoms with Crippen molar-refractivity contribution in [1.82, 2.24) is 10.3 Å². The molecular weight excluding hydrogens is 486 g/mol. The first-order valence-electron chi connectivity index (χ1n) is 10.7. The Balaban J connectivity index is 1.43. The van der Waals surface area contributed by atoms with E-state index in [9.17, 15) is 31.9 Å². The number of hydrogen-bond donors (Lipinski definition) is 2. The van der Waals surface area contributed by atoms with Crippen LogP contribution < -0.4 is 15.4 Å². The van der Waals surface area contributed by atoms with Gasteiger partial charge >= 0.3 is 12.5 Å². The van der Waals surface area contributed by atoms with E-state index in [0.29, 0.717) is 29.3 Å². The number of anilines is 1. The molecule has 2 N–H and O–H groups in total. The third kappa shape index (κ3) is 5.88. The molecule has 2 aromatic carbocycles. The Kier molecular flexibility index (Phi) is 6.77. The van der Waals surface area contributed by atoms with E-state index in [1.165, 1.54) is 0 Å². The number of carbonyl (C=O) groups excluding carboxylic acids is 3. The Bertz CT molecular complexity index is 1360. The fourth-order valence-corrected chi connectivity index (χ4v) is 3.85. The van der Waals surface area contributed by atoms with Gasteiger partial charge in [0.25, 0.3) is 0 Å². The van der Waals surface area contributed by atoms with Crippen molar-refractivity contribution in [1.29, 1.82) is 0 Å². The number of hydrogen-bond acceptors (Lipinski definition) is 6. The Labute approximate surface area is 201 Å². The molecule has 12 heteroatoms. The van der Waals surface area contributed by atoms with Crippen molar-refractivity contribution in [3.8, 4) is 5.75 Å². The van der Waals surface area contributed by atoms with Crippen LogP contribution in [-0.2, 0) is 20.9 Å². The van der Waals surface area contributed by atoms with Gasteiger partial charge in [-0.15, -0.1) is 13.2 Å². The third-order valence-corrected chi connectivity index (χ3v) is 5.50. The summed E-state index contributed by atoms with van der Waals surface area (Å²) in [5.41, 5.74) is 1.92. The van der Waals surface area contributed by atoms with E-state index < -0.39 is 35.6 Å². The molecule has 1 aromatic heterocycles. The van der Waals surface area contributed by atoms with E-state index in [4.69, 9.17) is 4.74 Å². The highest BCUT2D eigenvalue weighted by atomic mass is 19.4. The number of piperidine rings is 1. The van der Waals surface area contributed by atoms with E-state index in [-0.39, 0.29) is 24.8 Å². The van der Waals surface area contributed by atoms with Crippen molar-refractivity contribution in [2.45, 2.75) is 38.7 Å². The Morgan fingerprint density at radius 3 is 2.67 bits per heavy atom. The van der Waals surface area contributed by atoms with E-state index in [1.807, 2.05) is 11.4 Å². The quantitative estimate of drug-likeness (QED) is 0.379. The lowest BCUT2D eigenvalue weighted by Crippen LogP contribution is -2.39. The number of imide groups is 1. The monoisotopic (exact) mass is 505 g/mol. The van der Waals surface area contributed by atoms with Crippen molar-refractivity contribution in [2.75, 3.05) is 5.32 Å². The van der Waals surface area contributed by atoms with Crippen molar-refractivity contribution in [3.63, 3.8) is 0 Å². The summed E-state index contributed by atoms with van der Waals surface area (Å²) in [6.45, 7) is 1.53. The summed E-state index contributed by atoms with van der Waals surface area (Å²) >= 11 is 0. The molecule has 1 unspecified atom stereocenters. The van der Waals surface area contributed by atoms with Crippen LogP contribution in [0.5, 0.6) is 5.75 Å². The molecule has 3 aromatic rings. The van der Waals surface area contributed by atoms with Crippen LogP contribution in [0.2, 0.25) is 0 Å². The summed E-state index contributed by atoms with van der Waals surface area (Å²) in [6.07, 6.45) is -5.42. The number of nitrogens with one attached hydrogen (secondary N) is 2. The Morgan fingerprint density at radius 1 is 1.17 bits per heavy atom. The predicted molar refractivity (Wildman–Crippen MR) is 118 cm³/mol. The van der Waals surface area contributed by atoms with Crippen molar-refractivity contribution < 1.29 is 41.4 Å². The van der Waals surface area contributed by atoms with Crippen LogP contribution in [0.25, 0.3) is 10.9 Å². The minimum absolute atomic E-state index is 0.224. The van der Waals surface area contributed by atoms with E-state index in [0.717, 1.165) is 23.1 Å². The van der Waals surface area contributed by atoms with Gasteiger partial charge in [-0.3, -0.25) is 25.2 Å². The molecule has 1 aliphatic heterocycles. The number of ether oxygens (including phenoxy) is 2. The number of pyridine rings is 1. The first-order chi connectivity index (χ1) is 17.0. The predicted octanol–water partition coefficient (Wildman–Crippen LogP) is 4.85. The topological polar surface area (TPSA) is 107 Å². The number of halogens is 4. The largest absolute Gasteiger partial charge is 0.573 e. The number of aromatic nitrogens is 1. The van der Waals surface area contributed by atoms with Crippen LogP contribution in [0.15, 0.2) is 42.5 Å². The molecule has 1 fully saturated rings. The van der Waals surface area contributed by atoms with Crippen LogP contribution in [0.3, 0.4) is 0 Å². The molecule has 1 saturated heterocycles. The van der Waals surface area contributed by atoms with Gasteiger partial charge in [0.1, 0.15) is 18.2 Å². The fraction of sp³-hybridized carbons (Fsp3) is 0.250. The minimum atomic E-state index is -4.97. The molecule has 1 atom stereocenters. The van der Waals surface area contributed by atoms with Crippen LogP contribution in [0, 0.1) is 12.7 Å².